The van der Waals surface area contributed by atoms with Crippen LogP contribution < -0.4 is 5.73 Å². The standard InChI is InChI=1S/C14H17NO/c1-10(2)7-8-12(15)14-9-11-5-3-4-6-13(11)16-14/h3-6,9,12H,1,7-8,15H2,2H3. The third-order valence-electron chi connectivity index (χ3n) is 2.69. The van der Waals surface area contributed by atoms with Gasteiger partial charge in [0.15, 0.2) is 0 Å². The molecule has 0 fully saturated rings. The maximum absolute atomic E-state index is 6.07. The molecule has 2 rings (SSSR count). The Morgan fingerprint density at radius 3 is 2.88 bits per heavy atom. The lowest BCUT2D eigenvalue weighted by atomic mass is 10.1. The quantitative estimate of drug-likeness (QED) is 0.788. The van der Waals surface area contributed by atoms with E-state index in [-0.39, 0.29) is 6.04 Å². The van der Waals surface area contributed by atoms with Crippen molar-refractivity contribution in [2.24, 2.45) is 5.73 Å². The summed E-state index contributed by atoms with van der Waals surface area (Å²) in [6, 6.07) is 9.95. The molecular weight excluding hydrogens is 198 g/mol. The number of allylic oxidation sites excluding steroid dienone is 1. The SMILES string of the molecule is C=C(C)CCC(N)c1cc2ccccc2o1. The number of hydrogen-bond donors (Lipinski definition) is 1. The summed E-state index contributed by atoms with van der Waals surface area (Å²) in [7, 11) is 0. The van der Waals surface area contributed by atoms with Gasteiger partial charge in [-0.3, -0.25) is 0 Å². The Bertz CT molecular complexity index is 465. The van der Waals surface area contributed by atoms with E-state index in [9.17, 15) is 0 Å². The van der Waals surface area contributed by atoms with E-state index in [0.717, 1.165) is 35.1 Å². The van der Waals surface area contributed by atoms with Gasteiger partial charge in [-0.1, -0.05) is 23.8 Å². The predicted molar refractivity (Wildman–Crippen MR) is 67.2 cm³/mol. The highest BCUT2D eigenvalue weighted by atomic mass is 16.3. The summed E-state index contributed by atoms with van der Waals surface area (Å²) < 4.78 is 5.71. The maximum atomic E-state index is 6.07. The van der Waals surface area contributed by atoms with Gasteiger partial charge in [0.05, 0.1) is 6.04 Å². The van der Waals surface area contributed by atoms with Crippen LogP contribution in [-0.4, -0.2) is 0 Å². The van der Waals surface area contributed by atoms with Crippen molar-refractivity contribution in [1.82, 2.24) is 0 Å². The number of fused-ring (bicyclic) bond motifs is 1. The Morgan fingerprint density at radius 1 is 1.44 bits per heavy atom. The van der Waals surface area contributed by atoms with Crippen molar-refractivity contribution in [2.75, 3.05) is 0 Å². The number of nitrogens with two attached hydrogens (primary N) is 1. The van der Waals surface area contributed by atoms with E-state index in [0.29, 0.717) is 0 Å². The lowest BCUT2D eigenvalue weighted by molar-refractivity contribution is 0.478. The molecule has 0 aliphatic rings. The predicted octanol–water partition coefficient (Wildman–Crippen LogP) is 3.79. The second-order valence-corrected chi connectivity index (χ2v) is 4.29. The van der Waals surface area contributed by atoms with Gasteiger partial charge in [-0.05, 0) is 31.9 Å². The highest BCUT2D eigenvalue weighted by Crippen LogP contribution is 2.25. The zero-order chi connectivity index (χ0) is 11.5. The molecule has 1 unspecified atom stereocenters. The topological polar surface area (TPSA) is 39.2 Å². The first kappa shape index (κ1) is 11.0. The molecule has 16 heavy (non-hydrogen) atoms. The lowest BCUT2D eigenvalue weighted by Crippen LogP contribution is -2.08. The monoisotopic (exact) mass is 215 g/mol. The van der Waals surface area contributed by atoms with Gasteiger partial charge in [0, 0.05) is 5.39 Å². The van der Waals surface area contributed by atoms with Crippen LogP contribution in [0.4, 0.5) is 0 Å². The largest absolute Gasteiger partial charge is 0.459 e. The summed E-state index contributed by atoms with van der Waals surface area (Å²) in [5.41, 5.74) is 8.14. The number of rotatable bonds is 4. The van der Waals surface area contributed by atoms with Crippen LogP contribution in [0.25, 0.3) is 11.0 Å². The molecule has 2 heteroatoms. The third kappa shape index (κ3) is 2.34. The Balaban J connectivity index is 2.16. The second kappa shape index (κ2) is 4.54. The minimum Gasteiger partial charge on any atom is -0.459 e. The summed E-state index contributed by atoms with van der Waals surface area (Å²) in [5, 5.41) is 1.11. The highest BCUT2D eigenvalue weighted by molar-refractivity contribution is 5.77. The summed E-state index contributed by atoms with van der Waals surface area (Å²) in [6.45, 7) is 5.90. The van der Waals surface area contributed by atoms with E-state index in [1.165, 1.54) is 0 Å². The first-order valence-electron chi connectivity index (χ1n) is 5.55. The maximum Gasteiger partial charge on any atom is 0.134 e. The van der Waals surface area contributed by atoms with Crippen molar-refractivity contribution in [3.63, 3.8) is 0 Å². The third-order valence-corrected chi connectivity index (χ3v) is 2.69. The van der Waals surface area contributed by atoms with E-state index in [2.05, 4.69) is 6.58 Å². The molecule has 0 aliphatic carbocycles. The van der Waals surface area contributed by atoms with Crippen molar-refractivity contribution < 1.29 is 4.42 Å². The van der Waals surface area contributed by atoms with Crippen molar-refractivity contribution in [1.29, 1.82) is 0 Å². The second-order valence-electron chi connectivity index (χ2n) is 4.29. The smallest absolute Gasteiger partial charge is 0.134 e. The highest BCUT2D eigenvalue weighted by Gasteiger charge is 2.11. The Morgan fingerprint density at radius 2 is 2.19 bits per heavy atom. The van der Waals surface area contributed by atoms with Crippen LogP contribution in [0, 0.1) is 0 Å². The molecule has 1 aromatic heterocycles. The van der Waals surface area contributed by atoms with Crippen molar-refractivity contribution in [3.8, 4) is 0 Å². The van der Waals surface area contributed by atoms with E-state index in [1.807, 2.05) is 37.3 Å². The molecule has 2 aromatic rings. The first-order valence-corrected chi connectivity index (χ1v) is 5.55. The van der Waals surface area contributed by atoms with E-state index in [1.54, 1.807) is 0 Å². The van der Waals surface area contributed by atoms with Crippen molar-refractivity contribution in [2.45, 2.75) is 25.8 Å². The van der Waals surface area contributed by atoms with E-state index < -0.39 is 0 Å². The molecule has 1 aromatic carbocycles. The fourth-order valence-corrected chi connectivity index (χ4v) is 1.73. The normalized spacial score (nSPS) is 12.9. The Kier molecular flexibility index (Phi) is 3.11. The van der Waals surface area contributed by atoms with Crippen LogP contribution in [-0.2, 0) is 0 Å². The Labute approximate surface area is 95.7 Å². The minimum atomic E-state index is -0.0379. The van der Waals surface area contributed by atoms with Gasteiger partial charge < -0.3 is 10.2 Å². The molecule has 0 saturated carbocycles. The summed E-state index contributed by atoms with van der Waals surface area (Å²) in [6.07, 6.45) is 1.83. The summed E-state index contributed by atoms with van der Waals surface area (Å²) in [4.78, 5) is 0. The first-order chi connectivity index (χ1) is 7.66. The fourth-order valence-electron chi connectivity index (χ4n) is 1.73. The van der Waals surface area contributed by atoms with E-state index >= 15 is 0 Å². The van der Waals surface area contributed by atoms with Gasteiger partial charge >= 0.3 is 0 Å². The van der Waals surface area contributed by atoms with Crippen LogP contribution in [0.3, 0.4) is 0 Å². The Hall–Kier alpha value is -1.54. The van der Waals surface area contributed by atoms with Crippen molar-refractivity contribution in [3.05, 3.63) is 48.2 Å². The van der Waals surface area contributed by atoms with Gasteiger partial charge in [-0.15, -0.1) is 6.58 Å². The average Bonchev–Trinajstić information content (AvgIpc) is 2.69. The number of furan rings is 1. The molecule has 2 nitrogen and oxygen atoms in total. The number of benzene rings is 1. The van der Waals surface area contributed by atoms with E-state index in [4.69, 9.17) is 10.2 Å². The number of para-hydroxylation sites is 1. The van der Waals surface area contributed by atoms with Crippen LogP contribution in [0.5, 0.6) is 0 Å². The lowest BCUT2D eigenvalue weighted by Gasteiger charge is -2.07. The summed E-state index contributed by atoms with van der Waals surface area (Å²) in [5.74, 6) is 0.863. The zero-order valence-corrected chi connectivity index (χ0v) is 9.57. The molecule has 0 spiro atoms. The van der Waals surface area contributed by atoms with Crippen LogP contribution in [0.2, 0.25) is 0 Å². The fraction of sp³-hybridized carbons (Fsp3) is 0.286. The molecule has 0 bridgehead atoms. The average molecular weight is 215 g/mol. The molecule has 0 amide bonds. The van der Waals surface area contributed by atoms with Crippen molar-refractivity contribution >= 4 is 11.0 Å². The van der Waals surface area contributed by atoms with Gasteiger partial charge in [-0.2, -0.15) is 0 Å². The van der Waals surface area contributed by atoms with Crippen LogP contribution in [0.1, 0.15) is 31.6 Å². The minimum absolute atomic E-state index is 0.0379. The molecular formula is C14H17NO. The summed E-state index contributed by atoms with van der Waals surface area (Å²) >= 11 is 0. The molecule has 0 aliphatic heterocycles. The van der Waals surface area contributed by atoms with Gasteiger partial charge in [0.25, 0.3) is 0 Å². The molecule has 0 radical (unpaired) electrons. The molecule has 84 valence electrons. The zero-order valence-electron chi connectivity index (χ0n) is 9.57. The molecule has 1 atom stereocenters. The molecule has 1 heterocycles. The van der Waals surface area contributed by atoms with Gasteiger partial charge in [-0.25, -0.2) is 0 Å². The van der Waals surface area contributed by atoms with Gasteiger partial charge in [0.1, 0.15) is 11.3 Å². The molecule has 0 saturated heterocycles. The van der Waals surface area contributed by atoms with Crippen LogP contribution >= 0.6 is 0 Å². The van der Waals surface area contributed by atoms with Crippen LogP contribution in [0.15, 0.2) is 46.9 Å². The van der Waals surface area contributed by atoms with Gasteiger partial charge in [0.2, 0.25) is 0 Å². The number of hydrogen-bond acceptors (Lipinski definition) is 2. The molecule has 2 N–H and O–H groups in total.